The van der Waals surface area contributed by atoms with Gasteiger partial charge in [-0.3, -0.25) is 14.2 Å². The van der Waals surface area contributed by atoms with Gasteiger partial charge in [-0.05, 0) is 61.0 Å². The number of hydrazone groups is 1. The molecule has 0 spiro atoms. The van der Waals surface area contributed by atoms with Crippen LogP contribution in [0.15, 0.2) is 81.8 Å². The van der Waals surface area contributed by atoms with Gasteiger partial charge in [0.2, 0.25) is 0 Å². The number of para-hydroxylation sites is 1. The van der Waals surface area contributed by atoms with Gasteiger partial charge in [0.05, 0.1) is 38.1 Å². The Hall–Kier alpha value is -2.84. The largest absolute Gasteiger partial charge is 0.272 e. The van der Waals surface area contributed by atoms with Crippen molar-refractivity contribution in [3.63, 3.8) is 0 Å². The summed E-state index contributed by atoms with van der Waals surface area (Å²) in [5.74, 6) is -0.356. The number of fused-ring (bicyclic) bond motifs is 1. The average Bonchev–Trinajstić information content (AvgIpc) is 2.84. The highest BCUT2D eigenvalue weighted by Gasteiger charge is 2.15. The Morgan fingerprint density at radius 1 is 1.03 bits per heavy atom. The normalized spacial score (nSPS) is 11.6. The van der Waals surface area contributed by atoms with Crippen molar-refractivity contribution in [2.45, 2.75) is 12.1 Å². The maximum absolute atomic E-state index is 13.2. The number of nitrogens with one attached hydrogen (secondary N) is 1. The monoisotopic (exact) mass is 530 g/mol. The van der Waals surface area contributed by atoms with E-state index in [4.69, 9.17) is 34.8 Å². The maximum Gasteiger partial charge on any atom is 0.266 e. The molecular weight excluding hydrogens is 515 g/mol. The van der Waals surface area contributed by atoms with Crippen LogP contribution in [0.1, 0.15) is 12.5 Å². The van der Waals surface area contributed by atoms with Gasteiger partial charge >= 0.3 is 0 Å². The van der Waals surface area contributed by atoms with Gasteiger partial charge in [0.25, 0.3) is 11.5 Å². The van der Waals surface area contributed by atoms with E-state index in [2.05, 4.69) is 15.5 Å². The van der Waals surface area contributed by atoms with Crippen molar-refractivity contribution in [3.05, 3.63) is 97.7 Å². The van der Waals surface area contributed by atoms with Crippen LogP contribution in [0, 0.1) is 0 Å². The third-order valence-electron chi connectivity index (χ3n) is 4.85. The minimum atomic E-state index is -0.352. The molecule has 1 N–H and O–H groups in total. The first-order valence-corrected chi connectivity index (χ1v) is 12.1. The van der Waals surface area contributed by atoms with Crippen LogP contribution < -0.4 is 11.0 Å². The molecule has 0 saturated heterocycles. The van der Waals surface area contributed by atoms with E-state index in [1.807, 2.05) is 6.07 Å². The second kappa shape index (κ2) is 10.6. The Morgan fingerprint density at radius 2 is 1.76 bits per heavy atom. The summed E-state index contributed by atoms with van der Waals surface area (Å²) in [4.78, 5) is 30.3. The molecule has 0 bridgehead atoms. The lowest BCUT2D eigenvalue weighted by atomic mass is 10.1. The standard InChI is InChI=1S/C24H17Cl3N4O2S/c1-14(15-6-11-19(26)20(27)12-15)29-30-22(32)13-34-24-28-21-5-3-2-4-18(21)23(33)31(24)17-9-7-16(25)8-10-17/h2-12H,13H2,1H3,(H,30,32)/b29-14-. The first kappa shape index (κ1) is 24.3. The van der Waals surface area contributed by atoms with Crippen LogP contribution in [0.2, 0.25) is 15.1 Å². The summed E-state index contributed by atoms with van der Waals surface area (Å²) in [5.41, 5.74) is 4.74. The van der Waals surface area contributed by atoms with Crippen LogP contribution in [0.25, 0.3) is 16.6 Å². The highest BCUT2D eigenvalue weighted by molar-refractivity contribution is 7.99. The van der Waals surface area contributed by atoms with E-state index < -0.39 is 0 Å². The van der Waals surface area contributed by atoms with Crippen molar-refractivity contribution in [3.8, 4) is 5.69 Å². The van der Waals surface area contributed by atoms with Gasteiger partial charge in [-0.1, -0.05) is 64.8 Å². The zero-order valence-corrected chi connectivity index (χ0v) is 20.8. The molecule has 172 valence electrons. The molecule has 4 aromatic rings. The molecule has 3 aromatic carbocycles. The van der Waals surface area contributed by atoms with E-state index in [0.29, 0.717) is 42.5 Å². The van der Waals surface area contributed by atoms with Crippen LogP contribution in [-0.4, -0.2) is 26.9 Å². The SMILES string of the molecule is C/C(=N/NC(=O)CSc1nc2ccccc2c(=O)n1-c1ccc(Cl)cc1)c1ccc(Cl)c(Cl)c1. The van der Waals surface area contributed by atoms with Gasteiger partial charge < -0.3 is 0 Å². The van der Waals surface area contributed by atoms with Crippen LogP contribution in [0.4, 0.5) is 0 Å². The van der Waals surface area contributed by atoms with Gasteiger partial charge in [0.15, 0.2) is 5.16 Å². The van der Waals surface area contributed by atoms with Crippen LogP contribution in [0.5, 0.6) is 0 Å². The lowest BCUT2D eigenvalue weighted by Crippen LogP contribution is -2.24. The molecule has 0 saturated carbocycles. The van der Waals surface area contributed by atoms with E-state index in [-0.39, 0.29) is 17.2 Å². The molecular formula is C24H17Cl3N4O2S. The number of hydrogen-bond donors (Lipinski definition) is 1. The topological polar surface area (TPSA) is 76.3 Å². The van der Waals surface area contributed by atoms with Crippen molar-refractivity contribution >= 4 is 69.1 Å². The molecule has 10 heteroatoms. The number of carbonyl (C=O) groups excluding carboxylic acids is 1. The number of nitrogens with zero attached hydrogens (tertiary/aromatic N) is 3. The molecule has 0 radical (unpaired) electrons. The zero-order valence-electron chi connectivity index (χ0n) is 17.8. The molecule has 0 atom stereocenters. The highest BCUT2D eigenvalue weighted by Crippen LogP contribution is 2.24. The second-order valence-corrected chi connectivity index (χ2v) is 9.37. The molecule has 1 heterocycles. The van der Waals surface area contributed by atoms with Crippen molar-refractivity contribution in [1.82, 2.24) is 15.0 Å². The van der Waals surface area contributed by atoms with Crippen LogP contribution in [0.3, 0.4) is 0 Å². The molecule has 0 aliphatic heterocycles. The van der Waals surface area contributed by atoms with E-state index in [0.717, 1.165) is 17.3 Å². The van der Waals surface area contributed by atoms with Crippen molar-refractivity contribution in [1.29, 1.82) is 0 Å². The number of halogens is 3. The molecule has 0 unspecified atom stereocenters. The van der Waals surface area contributed by atoms with Crippen molar-refractivity contribution in [2.75, 3.05) is 5.75 Å². The van der Waals surface area contributed by atoms with Crippen molar-refractivity contribution < 1.29 is 4.79 Å². The number of thioether (sulfide) groups is 1. The summed E-state index contributed by atoms with van der Waals surface area (Å²) in [7, 11) is 0. The maximum atomic E-state index is 13.2. The van der Waals surface area contributed by atoms with E-state index >= 15 is 0 Å². The predicted molar refractivity (Wildman–Crippen MR) is 140 cm³/mol. The quantitative estimate of drug-likeness (QED) is 0.144. The first-order chi connectivity index (χ1) is 16.3. The minimum Gasteiger partial charge on any atom is -0.272 e. The summed E-state index contributed by atoms with van der Waals surface area (Å²) < 4.78 is 1.47. The fourth-order valence-electron chi connectivity index (χ4n) is 3.12. The second-order valence-electron chi connectivity index (χ2n) is 7.18. The first-order valence-electron chi connectivity index (χ1n) is 10.0. The third-order valence-corrected chi connectivity index (χ3v) is 6.78. The minimum absolute atomic E-state index is 0.00345. The number of rotatable bonds is 6. The molecule has 1 aromatic heterocycles. The third kappa shape index (κ3) is 5.45. The molecule has 4 rings (SSSR count). The van der Waals surface area contributed by atoms with Gasteiger partial charge in [-0.15, -0.1) is 0 Å². The fourth-order valence-corrected chi connectivity index (χ4v) is 4.35. The molecule has 6 nitrogen and oxygen atoms in total. The molecule has 1 amide bonds. The Labute approximate surface area is 214 Å². The van der Waals surface area contributed by atoms with E-state index in [1.54, 1.807) is 67.6 Å². The van der Waals surface area contributed by atoms with E-state index in [1.165, 1.54) is 4.57 Å². The number of aromatic nitrogens is 2. The van der Waals surface area contributed by atoms with Crippen LogP contribution in [-0.2, 0) is 4.79 Å². The van der Waals surface area contributed by atoms with Crippen LogP contribution >= 0.6 is 46.6 Å². The summed E-state index contributed by atoms with van der Waals surface area (Å²) in [6, 6.07) is 19.0. The van der Waals surface area contributed by atoms with Gasteiger partial charge in [-0.2, -0.15) is 5.10 Å². The zero-order chi connectivity index (χ0) is 24.2. The predicted octanol–water partition coefficient (Wildman–Crippen LogP) is 5.98. The number of amides is 1. The van der Waals surface area contributed by atoms with Gasteiger partial charge in [0, 0.05) is 5.02 Å². The fraction of sp³-hybridized carbons (Fsp3) is 0.0833. The summed E-state index contributed by atoms with van der Waals surface area (Å²) >= 11 is 19.1. The summed E-state index contributed by atoms with van der Waals surface area (Å²) in [6.45, 7) is 1.75. The Balaban J connectivity index is 1.57. The smallest absolute Gasteiger partial charge is 0.266 e. The van der Waals surface area contributed by atoms with Crippen molar-refractivity contribution in [2.24, 2.45) is 5.10 Å². The molecule has 0 aliphatic carbocycles. The van der Waals surface area contributed by atoms with Gasteiger partial charge in [0.1, 0.15) is 0 Å². The Kier molecular flexibility index (Phi) is 7.58. The molecule has 34 heavy (non-hydrogen) atoms. The summed E-state index contributed by atoms with van der Waals surface area (Å²) in [6.07, 6.45) is 0. The number of carbonyl (C=O) groups is 1. The Morgan fingerprint density at radius 3 is 2.50 bits per heavy atom. The highest BCUT2D eigenvalue weighted by atomic mass is 35.5. The average molecular weight is 532 g/mol. The number of benzene rings is 3. The van der Waals surface area contributed by atoms with Gasteiger partial charge in [-0.25, -0.2) is 10.4 Å². The summed E-state index contributed by atoms with van der Waals surface area (Å²) in [5, 5.41) is 6.38. The lowest BCUT2D eigenvalue weighted by molar-refractivity contribution is -0.118. The molecule has 0 fully saturated rings. The van der Waals surface area contributed by atoms with E-state index in [9.17, 15) is 9.59 Å². The number of hydrogen-bond acceptors (Lipinski definition) is 5. The molecule has 0 aliphatic rings. The lowest BCUT2D eigenvalue weighted by Gasteiger charge is -2.13. The Bertz CT molecular complexity index is 1470.